The van der Waals surface area contributed by atoms with Gasteiger partial charge in [0.05, 0.1) is 16.6 Å². The minimum absolute atomic E-state index is 0.272. The second kappa shape index (κ2) is 4.38. The monoisotopic (exact) mass is 284 g/mol. The fourth-order valence-corrected chi connectivity index (χ4v) is 2.55. The third kappa shape index (κ3) is 2.02. The molecule has 1 aliphatic rings. The van der Waals surface area contributed by atoms with Crippen LogP contribution in [-0.4, -0.2) is 20.3 Å². The topological polar surface area (TPSA) is 77.8 Å². The number of hydrogen-bond donors (Lipinski definition) is 0. The van der Waals surface area contributed by atoms with E-state index < -0.39 is 0 Å². The summed E-state index contributed by atoms with van der Waals surface area (Å²) in [5.41, 5.74) is 2.24. The molecule has 0 bridgehead atoms. The summed E-state index contributed by atoms with van der Waals surface area (Å²) < 4.78 is 11.0. The van der Waals surface area contributed by atoms with E-state index in [2.05, 4.69) is 41.1 Å². The van der Waals surface area contributed by atoms with Crippen LogP contribution in [0.15, 0.2) is 21.2 Å². The van der Waals surface area contributed by atoms with E-state index in [1.807, 2.05) is 6.07 Å². The van der Waals surface area contributed by atoms with Crippen molar-refractivity contribution < 1.29 is 8.94 Å². The van der Waals surface area contributed by atoms with Gasteiger partial charge in [0.1, 0.15) is 0 Å². The molecule has 1 aliphatic carbocycles. The van der Waals surface area contributed by atoms with E-state index in [-0.39, 0.29) is 5.92 Å². The quantitative estimate of drug-likeness (QED) is 0.732. The molecule has 21 heavy (non-hydrogen) atoms. The Morgan fingerprint density at radius 3 is 2.81 bits per heavy atom. The molecule has 3 heterocycles. The highest BCUT2D eigenvalue weighted by Gasteiger charge is 2.38. The van der Waals surface area contributed by atoms with E-state index in [4.69, 9.17) is 8.94 Å². The summed E-state index contributed by atoms with van der Waals surface area (Å²) in [6.45, 7) is 6.33. The van der Waals surface area contributed by atoms with Crippen molar-refractivity contribution in [3.8, 4) is 11.5 Å². The van der Waals surface area contributed by atoms with Crippen LogP contribution in [0, 0.1) is 5.92 Å². The predicted octanol–water partition coefficient (Wildman–Crippen LogP) is 3.52. The minimum Gasteiger partial charge on any atom is -0.420 e. The molecule has 1 saturated carbocycles. The first kappa shape index (κ1) is 12.5. The molecule has 1 fully saturated rings. The molecule has 3 aromatic rings. The first-order valence-electron chi connectivity index (χ1n) is 7.22. The first-order chi connectivity index (χ1) is 10.1. The number of pyridine rings is 1. The number of rotatable bonds is 3. The van der Waals surface area contributed by atoms with Gasteiger partial charge in [-0.25, -0.2) is 4.98 Å². The lowest BCUT2D eigenvalue weighted by atomic mass is 10.1. The number of fused-ring (bicyclic) bond motifs is 1. The van der Waals surface area contributed by atoms with Crippen LogP contribution in [0.1, 0.15) is 50.6 Å². The van der Waals surface area contributed by atoms with Crippen LogP contribution in [0.25, 0.3) is 22.6 Å². The summed E-state index contributed by atoms with van der Waals surface area (Å²) >= 11 is 0. The summed E-state index contributed by atoms with van der Waals surface area (Å²) in [6, 6.07) is 1.96. The molecular weight excluding hydrogens is 268 g/mol. The number of hydrogen-bond acceptors (Lipinski definition) is 6. The molecule has 2 atom stereocenters. The second-order valence-electron chi connectivity index (χ2n) is 6.06. The van der Waals surface area contributed by atoms with Crippen molar-refractivity contribution in [1.82, 2.24) is 20.3 Å². The molecule has 0 aliphatic heterocycles. The largest absolute Gasteiger partial charge is 0.420 e. The van der Waals surface area contributed by atoms with Crippen LogP contribution in [0.4, 0.5) is 0 Å². The maximum absolute atomic E-state index is 5.78. The van der Waals surface area contributed by atoms with Crippen molar-refractivity contribution in [2.24, 2.45) is 5.92 Å². The molecule has 0 N–H and O–H groups in total. The van der Waals surface area contributed by atoms with Gasteiger partial charge in [-0.3, -0.25) is 0 Å². The van der Waals surface area contributed by atoms with Gasteiger partial charge < -0.3 is 8.94 Å². The minimum atomic E-state index is 0.272. The molecule has 0 saturated heterocycles. The van der Waals surface area contributed by atoms with Crippen LogP contribution >= 0.6 is 0 Å². The van der Waals surface area contributed by atoms with Gasteiger partial charge in [-0.15, -0.1) is 10.2 Å². The fraction of sp³-hybridized carbons (Fsp3) is 0.467. The Labute approximate surface area is 121 Å². The molecule has 0 amide bonds. The summed E-state index contributed by atoms with van der Waals surface area (Å²) in [7, 11) is 0. The SMILES string of the molecule is CC(C)c1noc2ncc(-c3nnc([C@H]4C[C@@H]4C)o3)cc12. The van der Waals surface area contributed by atoms with E-state index in [1.165, 1.54) is 0 Å². The van der Waals surface area contributed by atoms with Crippen molar-refractivity contribution in [1.29, 1.82) is 0 Å². The van der Waals surface area contributed by atoms with Gasteiger partial charge in [0.2, 0.25) is 11.8 Å². The Bertz CT molecular complexity index is 805. The summed E-state index contributed by atoms with van der Waals surface area (Å²) in [6.07, 6.45) is 2.81. The maximum atomic E-state index is 5.78. The van der Waals surface area contributed by atoms with Gasteiger partial charge in [0, 0.05) is 12.1 Å². The van der Waals surface area contributed by atoms with Crippen LogP contribution < -0.4 is 0 Å². The van der Waals surface area contributed by atoms with E-state index in [0.717, 1.165) is 29.0 Å². The zero-order valence-electron chi connectivity index (χ0n) is 12.2. The Morgan fingerprint density at radius 2 is 2.10 bits per heavy atom. The van der Waals surface area contributed by atoms with Gasteiger partial charge in [-0.05, 0) is 24.3 Å². The van der Waals surface area contributed by atoms with Gasteiger partial charge in [-0.2, -0.15) is 0 Å². The van der Waals surface area contributed by atoms with Crippen LogP contribution in [0.5, 0.6) is 0 Å². The highest BCUT2D eigenvalue weighted by Crippen LogP contribution is 2.46. The van der Waals surface area contributed by atoms with Crippen molar-refractivity contribution in [2.75, 3.05) is 0 Å². The molecular formula is C15H16N4O2. The van der Waals surface area contributed by atoms with Crippen molar-refractivity contribution in [3.05, 3.63) is 23.8 Å². The predicted molar refractivity (Wildman–Crippen MR) is 75.7 cm³/mol. The Kier molecular flexibility index (Phi) is 2.60. The zero-order valence-corrected chi connectivity index (χ0v) is 12.2. The van der Waals surface area contributed by atoms with E-state index in [0.29, 0.717) is 23.4 Å². The molecule has 6 nitrogen and oxygen atoms in total. The summed E-state index contributed by atoms with van der Waals surface area (Å²) in [5.74, 6) is 2.57. The highest BCUT2D eigenvalue weighted by molar-refractivity contribution is 5.80. The van der Waals surface area contributed by atoms with Gasteiger partial charge in [0.25, 0.3) is 5.71 Å². The lowest BCUT2D eigenvalue weighted by Crippen LogP contribution is -1.88. The third-order valence-corrected chi connectivity index (χ3v) is 4.02. The number of aromatic nitrogens is 4. The Hall–Kier alpha value is -2.24. The third-order valence-electron chi connectivity index (χ3n) is 4.02. The van der Waals surface area contributed by atoms with E-state index in [9.17, 15) is 0 Å². The Balaban J connectivity index is 1.75. The Morgan fingerprint density at radius 1 is 1.29 bits per heavy atom. The van der Waals surface area contributed by atoms with Gasteiger partial charge in [-0.1, -0.05) is 25.9 Å². The average Bonchev–Trinajstić information content (AvgIpc) is 2.94. The first-order valence-corrected chi connectivity index (χ1v) is 7.22. The molecule has 0 aromatic carbocycles. The van der Waals surface area contributed by atoms with Crippen molar-refractivity contribution in [2.45, 2.75) is 39.0 Å². The molecule has 6 heteroatoms. The van der Waals surface area contributed by atoms with Crippen LogP contribution in [-0.2, 0) is 0 Å². The normalized spacial score (nSPS) is 21.3. The number of nitrogens with zero attached hydrogens (tertiary/aromatic N) is 4. The lowest BCUT2D eigenvalue weighted by Gasteiger charge is -1.99. The van der Waals surface area contributed by atoms with Gasteiger partial charge >= 0.3 is 0 Å². The second-order valence-corrected chi connectivity index (χ2v) is 6.06. The smallest absolute Gasteiger partial charge is 0.257 e. The highest BCUT2D eigenvalue weighted by atomic mass is 16.5. The fourth-order valence-electron chi connectivity index (χ4n) is 2.55. The molecule has 3 aromatic heterocycles. The summed E-state index contributed by atoms with van der Waals surface area (Å²) in [5, 5.41) is 13.3. The zero-order chi connectivity index (χ0) is 14.6. The summed E-state index contributed by atoms with van der Waals surface area (Å²) in [4.78, 5) is 4.29. The average molecular weight is 284 g/mol. The molecule has 0 unspecified atom stereocenters. The molecule has 4 rings (SSSR count). The van der Waals surface area contributed by atoms with E-state index in [1.54, 1.807) is 6.20 Å². The lowest BCUT2D eigenvalue weighted by molar-refractivity contribution is 0.434. The van der Waals surface area contributed by atoms with Crippen molar-refractivity contribution >= 4 is 11.1 Å². The van der Waals surface area contributed by atoms with E-state index >= 15 is 0 Å². The standard InChI is InChI=1S/C15H16N4O2/c1-7(2)12-11-5-9(6-16-14(11)21-19-12)13-17-18-15(20-13)10-4-8(10)3/h5-8,10H,4H2,1-3H3/t8-,10-/m0/s1. The van der Waals surface area contributed by atoms with Crippen LogP contribution in [0.2, 0.25) is 0 Å². The van der Waals surface area contributed by atoms with Gasteiger partial charge in [0.15, 0.2) is 0 Å². The molecule has 0 spiro atoms. The van der Waals surface area contributed by atoms with Crippen LogP contribution in [0.3, 0.4) is 0 Å². The maximum Gasteiger partial charge on any atom is 0.257 e. The molecule has 0 radical (unpaired) electrons. The van der Waals surface area contributed by atoms with Crippen molar-refractivity contribution in [3.63, 3.8) is 0 Å². The molecule has 108 valence electrons.